The molecule has 0 bridgehead atoms. The molecule has 0 fully saturated rings. The van der Waals surface area contributed by atoms with Crippen molar-refractivity contribution in [2.75, 3.05) is 6.54 Å². The van der Waals surface area contributed by atoms with Crippen LogP contribution in [0.2, 0.25) is 0 Å². The van der Waals surface area contributed by atoms with Gasteiger partial charge in [-0.3, -0.25) is 0 Å². The van der Waals surface area contributed by atoms with Crippen LogP contribution in [0.15, 0.2) is 41.9 Å². The number of nitrogens with two attached hydrogens (primary N) is 1. The molecular formula is C15H16N2S. The Balaban J connectivity index is 2.15. The van der Waals surface area contributed by atoms with Crippen LogP contribution >= 0.6 is 11.3 Å². The number of hydrogen-bond acceptors (Lipinski definition) is 2. The Kier molecular flexibility index (Phi) is 2.94. The standard InChI is InChI=1S/C15H16N2S/c1-10-4-5-14-11(7-10)13(9-17-14)12(8-16)15-3-2-6-18-15/h2-7,9,12,17H,8,16H2,1H3. The highest BCUT2D eigenvalue weighted by molar-refractivity contribution is 7.10. The first-order valence-electron chi connectivity index (χ1n) is 6.10. The molecule has 0 aliphatic heterocycles. The Labute approximate surface area is 110 Å². The Morgan fingerprint density at radius 3 is 2.94 bits per heavy atom. The van der Waals surface area contributed by atoms with Gasteiger partial charge in [0.1, 0.15) is 0 Å². The Bertz CT molecular complexity index is 652. The van der Waals surface area contributed by atoms with Crippen molar-refractivity contribution < 1.29 is 0 Å². The lowest BCUT2D eigenvalue weighted by atomic mass is 9.96. The lowest BCUT2D eigenvalue weighted by Gasteiger charge is -2.12. The number of rotatable bonds is 3. The van der Waals surface area contributed by atoms with Crippen molar-refractivity contribution in [3.8, 4) is 0 Å². The number of aryl methyl sites for hydroxylation is 1. The van der Waals surface area contributed by atoms with Crippen LogP contribution in [-0.4, -0.2) is 11.5 Å². The van der Waals surface area contributed by atoms with E-state index in [2.05, 4.69) is 53.8 Å². The summed E-state index contributed by atoms with van der Waals surface area (Å²) in [5, 5.41) is 3.40. The van der Waals surface area contributed by atoms with Crippen LogP contribution in [0.25, 0.3) is 10.9 Å². The van der Waals surface area contributed by atoms with E-state index in [4.69, 9.17) is 5.73 Å². The molecule has 3 aromatic rings. The molecule has 0 aliphatic carbocycles. The topological polar surface area (TPSA) is 41.8 Å². The van der Waals surface area contributed by atoms with E-state index in [1.807, 2.05) is 0 Å². The summed E-state index contributed by atoms with van der Waals surface area (Å²) in [5.41, 5.74) is 9.75. The first kappa shape index (κ1) is 11.5. The van der Waals surface area contributed by atoms with Crippen molar-refractivity contribution in [3.05, 3.63) is 57.9 Å². The molecule has 92 valence electrons. The summed E-state index contributed by atoms with van der Waals surface area (Å²) in [6, 6.07) is 10.7. The molecule has 18 heavy (non-hydrogen) atoms. The number of thiophene rings is 1. The van der Waals surface area contributed by atoms with Crippen LogP contribution in [0.3, 0.4) is 0 Å². The molecule has 1 unspecified atom stereocenters. The summed E-state index contributed by atoms with van der Waals surface area (Å²) in [4.78, 5) is 4.67. The predicted octanol–water partition coefficient (Wildman–Crippen LogP) is 3.63. The number of aromatic amines is 1. The van der Waals surface area contributed by atoms with E-state index in [9.17, 15) is 0 Å². The maximum absolute atomic E-state index is 5.98. The van der Waals surface area contributed by atoms with E-state index in [0.29, 0.717) is 12.5 Å². The van der Waals surface area contributed by atoms with E-state index in [0.717, 1.165) is 0 Å². The van der Waals surface area contributed by atoms with Crippen molar-refractivity contribution in [1.29, 1.82) is 0 Å². The van der Waals surface area contributed by atoms with Crippen molar-refractivity contribution in [1.82, 2.24) is 4.98 Å². The second-order valence-corrected chi connectivity index (χ2v) is 5.58. The van der Waals surface area contributed by atoms with Gasteiger partial charge in [0.25, 0.3) is 0 Å². The molecule has 0 aliphatic rings. The van der Waals surface area contributed by atoms with Gasteiger partial charge in [-0.05, 0) is 36.1 Å². The molecule has 0 amide bonds. The molecule has 3 heteroatoms. The second kappa shape index (κ2) is 4.59. The van der Waals surface area contributed by atoms with E-state index in [1.54, 1.807) is 11.3 Å². The van der Waals surface area contributed by atoms with Crippen molar-refractivity contribution in [3.63, 3.8) is 0 Å². The molecule has 1 aromatic carbocycles. The number of hydrogen-bond donors (Lipinski definition) is 2. The summed E-state index contributed by atoms with van der Waals surface area (Å²) >= 11 is 1.77. The largest absolute Gasteiger partial charge is 0.361 e. The molecule has 3 N–H and O–H groups in total. The van der Waals surface area contributed by atoms with Crippen LogP contribution in [0, 0.1) is 6.92 Å². The zero-order valence-electron chi connectivity index (χ0n) is 10.3. The lowest BCUT2D eigenvalue weighted by molar-refractivity contribution is 0.842. The fraction of sp³-hybridized carbons (Fsp3) is 0.200. The Hall–Kier alpha value is -1.58. The van der Waals surface area contributed by atoms with Crippen molar-refractivity contribution in [2.24, 2.45) is 5.73 Å². The van der Waals surface area contributed by atoms with E-state index in [1.165, 1.54) is 26.9 Å². The average molecular weight is 256 g/mol. The van der Waals surface area contributed by atoms with Gasteiger partial charge in [0.05, 0.1) is 0 Å². The van der Waals surface area contributed by atoms with E-state index >= 15 is 0 Å². The molecule has 0 spiro atoms. The number of nitrogens with one attached hydrogen (secondary N) is 1. The fourth-order valence-electron chi connectivity index (χ4n) is 2.43. The number of H-pyrrole nitrogens is 1. The van der Waals surface area contributed by atoms with Crippen LogP contribution in [-0.2, 0) is 0 Å². The summed E-state index contributed by atoms with van der Waals surface area (Å²) in [5.74, 6) is 0.292. The summed E-state index contributed by atoms with van der Waals surface area (Å²) < 4.78 is 0. The normalized spacial score (nSPS) is 13.0. The Morgan fingerprint density at radius 2 is 2.22 bits per heavy atom. The van der Waals surface area contributed by atoms with Gasteiger partial charge < -0.3 is 10.7 Å². The summed E-state index contributed by atoms with van der Waals surface area (Å²) in [7, 11) is 0. The van der Waals surface area contributed by atoms with E-state index in [-0.39, 0.29) is 0 Å². The maximum atomic E-state index is 5.98. The Morgan fingerprint density at radius 1 is 1.33 bits per heavy atom. The van der Waals surface area contributed by atoms with Crippen LogP contribution in [0.5, 0.6) is 0 Å². The molecule has 0 radical (unpaired) electrons. The average Bonchev–Trinajstić information content (AvgIpc) is 3.01. The van der Waals surface area contributed by atoms with Gasteiger partial charge >= 0.3 is 0 Å². The van der Waals surface area contributed by atoms with Gasteiger partial charge in [-0.1, -0.05) is 17.7 Å². The monoisotopic (exact) mass is 256 g/mol. The van der Waals surface area contributed by atoms with Crippen molar-refractivity contribution >= 4 is 22.2 Å². The minimum absolute atomic E-state index is 0.292. The third-order valence-corrected chi connectivity index (χ3v) is 4.35. The first-order chi connectivity index (χ1) is 8.79. The molecule has 3 rings (SSSR count). The molecule has 0 saturated heterocycles. The highest BCUT2D eigenvalue weighted by atomic mass is 32.1. The van der Waals surface area contributed by atoms with E-state index < -0.39 is 0 Å². The van der Waals surface area contributed by atoms with Gasteiger partial charge in [-0.15, -0.1) is 11.3 Å². The molecule has 2 aromatic heterocycles. The summed E-state index contributed by atoms with van der Waals surface area (Å²) in [6.45, 7) is 2.76. The SMILES string of the molecule is Cc1ccc2[nH]cc(C(CN)c3cccs3)c2c1. The molecule has 2 nitrogen and oxygen atoms in total. The molecular weight excluding hydrogens is 240 g/mol. The smallest absolute Gasteiger partial charge is 0.0457 e. The highest BCUT2D eigenvalue weighted by Crippen LogP contribution is 2.32. The zero-order valence-corrected chi connectivity index (χ0v) is 11.1. The second-order valence-electron chi connectivity index (χ2n) is 4.60. The molecule has 0 saturated carbocycles. The molecule has 2 heterocycles. The third-order valence-electron chi connectivity index (χ3n) is 3.37. The van der Waals surface area contributed by atoms with Gasteiger partial charge in [-0.2, -0.15) is 0 Å². The minimum atomic E-state index is 0.292. The third kappa shape index (κ3) is 1.85. The first-order valence-corrected chi connectivity index (χ1v) is 6.98. The van der Waals surface area contributed by atoms with Gasteiger partial charge in [0, 0.05) is 34.4 Å². The highest BCUT2D eigenvalue weighted by Gasteiger charge is 2.17. The zero-order chi connectivity index (χ0) is 12.5. The van der Waals surface area contributed by atoms with Crippen molar-refractivity contribution in [2.45, 2.75) is 12.8 Å². The van der Waals surface area contributed by atoms with Crippen LogP contribution in [0.4, 0.5) is 0 Å². The van der Waals surface area contributed by atoms with Gasteiger partial charge in [-0.25, -0.2) is 0 Å². The van der Waals surface area contributed by atoms with Crippen LogP contribution < -0.4 is 5.73 Å². The fourth-order valence-corrected chi connectivity index (χ4v) is 3.29. The number of aromatic nitrogens is 1. The number of fused-ring (bicyclic) bond motifs is 1. The quantitative estimate of drug-likeness (QED) is 0.738. The lowest BCUT2D eigenvalue weighted by Crippen LogP contribution is -2.12. The number of benzene rings is 1. The van der Waals surface area contributed by atoms with Crippen LogP contribution in [0.1, 0.15) is 21.9 Å². The predicted molar refractivity (Wildman–Crippen MR) is 78.3 cm³/mol. The molecule has 1 atom stereocenters. The van der Waals surface area contributed by atoms with Gasteiger partial charge in [0.15, 0.2) is 0 Å². The maximum Gasteiger partial charge on any atom is 0.0457 e. The minimum Gasteiger partial charge on any atom is -0.361 e. The summed E-state index contributed by atoms with van der Waals surface area (Å²) in [6.07, 6.45) is 2.10. The van der Waals surface area contributed by atoms with Gasteiger partial charge in [0.2, 0.25) is 0 Å².